The van der Waals surface area contributed by atoms with Crippen molar-refractivity contribution in [3.05, 3.63) is 23.7 Å². The first kappa shape index (κ1) is 8.41. The summed E-state index contributed by atoms with van der Waals surface area (Å²) in [6.45, 7) is 1.95. The minimum absolute atomic E-state index is 0.397. The lowest BCUT2D eigenvalue weighted by Crippen LogP contribution is -1.86. The number of hydrogen-bond donors (Lipinski definition) is 1. The topological polar surface area (TPSA) is 50.4 Å². The summed E-state index contributed by atoms with van der Waals surface area (Å²) in [4.78, 5) is 10.0. The molecule has 0 aliphatic rings. The van der Waals surface area contributed by atoms with Gasteiger partial charge in [0.15, 0.2) is 5.76 Å². The Bertz CT molecular complexity index is 338. The number of carbonyl (C=O) groups is 1. The van der Waals surface area contributed by atoms with Crippen molar-refractivity contribution < 1.29 is 14.3 Å². The number of carboxylic acid groups (broad SMARTS) is 1. The molecule has 0 fully saturated rings. The quantitative estimate of drug-likeness (QED) is 0.636. The highest BCUT2D eigenvalue weighted by atomic mass is 16.4. The average Bonchev–Trinajstić information content (AvgIpc) is 2.48. The van der Waals surface area contributed by atoms with Gasteiger partial charge in [-0.05, 0) is 18.1 Å². The third kappa shape index (κ3) is 2.17. The molecule has 1 rings (SSSR count). The van der Waals surface area contributed by atoms with E-state index in [1.807, 2.05) is 12.8 Å². The van der Waals surface area contributed by atoms with Crippen molar-refractivity contribution >= 4 is 5.97 Å². The van der Waals surface area contributed by atoms with Crippen molar-refractivity contribution in [3.63, 3.8) is 0 Å². The van der Waals surface area contributed by atoms with E-state index in [-0.39, 0.29) is 0 Å². The van der Waals surface area contributed by atoms with Crippen LogP contribution in [0.1, 0.15) is 18.4 Å². The van der Waals surface area contributed by atoms with E-state index in [4.69, 9.17) is 9.52 Å². The molecule has 0 aliphatic heterocycles. The van der Waals surface area contributed by atoms with Gasteiger partial charge in [0.05, 0.1) is 0 Å². The third-order valence-electron chi connectivity index (χ3n) is 1.30. The highest BCUT2D eigenvalue weighted by molar-refractivity contribution is 5.87. The Kier molecular flexibility index (Phi) is 2.54. The molecule has 0 saturated heterocycles. The summed E-state index contributed by atoms with van der Waals surface area (Å²) in [7, 11) is 0. The van der Waals surface area contributed by atoms with Crippen LogP contribution in [0.5, 0.6) is 0 Å². The predicted molar refractivity (Wildman–Crippen MR) is 42.6 cm³/mol. The monoisotopic (exact) mass is 164 g/mol. The summed E-state index contributed by atoms with van der Waals surface area (Å²) in [5.41, 5.74) is 0. The van der Waals surface area contributed by atoms with E-state index in [1.54, 1.807) is 12.1 Å². The Morgan fingerprint density at radius 2 is 2.42 bits per heavy atom. The van der Waals surface area contributed by atoms with Crippen molar-refractivity contribution in [2.75, 3.05) is 0 Å². The second-order valence-corrected chi connectivity index (χ2v) is 2.17. The van der Waals surface area contributed by atoms with Gasteiger partial charge in [-0.2, -0.15) is 0 Å². The van der Waals surface area contributed by atoms with E-state index in [9.17, 15) is 4.79 Å². The molecule has 0 aliphatic carbocycles. The first-order valence-electron chi connectivity index (χ1n) is 3.56. The maximum Gasteiger partial charge on any atom is 0.382 e. The van der Waals surface area contributed by atoms with E-state index in [0.29, 0.717) is 5.76 Å². The summed E-state index contributed by atoms with van der Waals surface area (Å²) in [6.07, 6.45) is 0.786. The Morgan fingerprint density at radius 3 is 2.92 bits per heavy atom. The highest BCUT2D eigenvalue weighted by Crippen LogP contribution is 2.06. The fourth-order valence-corrected chi connectivity index (χ4v) is 0.750. The number of rotatable bonds is 1. The van der Waals surface area contributed by atoms with Crippen LogP contribution in [0.25, 0.3) is 0 Å². The van der Waals surface area contributed by atoms with E-state index in [1.165, 1.54) is 0 Å². The molecular weight excluding hydrogens is 156 g/mol. The lowest BCUT2D eigenvalue weighted by molar-refractivity contribution is -0.130. The molecule has 1 N–H and O–H groups in total. The molecule has 3 nitrogen and oxygen atoms in total. The zero-order chi connectivity index (χ0) is 8.97. The molecule has 0 radical (unpaired) electrons. The number of furan rings is 1. The average molecular weight is 164 g/mol. The smallest absolute Gasteiger partial charge is 0.382 e. The lowest BCUT2D eigenvalue weighted by Gasteiger charge is -1.83. The molecule has 1 aromatic rings. The van der Waals surface area contributed by atoms with E-state index < -0.39 is 5.97 Å². The van der Waals surface area contributed by atoms with Crippen LogP contribution in [0.2, 0.25) is 0 Å². The van der Waals surface area contributed by atoms with E-state index in [2.05, 4.69) is 5.92 Å². The molecule has 1 aromatic heterocycles. The number of carboxylic acids is 1. The standard InChI is InChI=1S/C9H8O3/c1-2-7-3-4-8(12-7)5-6-9(10)11/h3-4H,2H2,1H3,(H,10,11). The molecule has 3 heteroatoms. The van der Waals surface area contributed by atoms with Gasteiger partial charge in [-0.1, -0.05) is 6.92 Å². The minimum atomic E-state index is -1.15. The molecular formula is C9H8O3. The normalized spacial score (nSPS) is 8.75. The number of hydrogen-bond acceptors (Lipinski definition) is 2. The summed E-state index contributed by atoms with van der Waals surface area (Å²) in [5, 5.41) is 8.22. The van der Waals surface area contributed by atoms with Crippen LogP contribution in [0.15, 0.2) is 16.5 Å². The minimum Gasteiger partial charge on any atom is -0.472 e. The third-order valence-corrected chi connectivity index (χ3v) is 1.30. The molecule has 12 heavy (non-hydrogen) atoms. The molecule has 0 spiro atoms. The van der Waals surface area contributed by atoms with E-state index >= 15 is 0 Å². The van der Waals surface area contributed by atoms with Gasteiger partial charge in [0, 0.05) is 12.3 Å². The first-order chi connectivity index (χ1) is 5.72. The van der Waals surface area contributed by atoms with Crippen LogP contribution < -0.4 is 0 Å². The molecule has 0 saturated carbocycles. The first-order valence-corrected chi connectivity index (χ1v) is 3.56. The SMILES string of the molecule is CCc1ccc(C#CC(=O)O)o1. The maximum absolute atomic E-state index is 10.0. The largest absolute Gasteiger partial charge is 0.472 e. The molecule has 0 amide bonds. The Morgan fingerprint density at radius 1 is 1.67 bits per heavy atom. The maximum atomic E-state index is 10.0. The van der Waals surface area contributed by atoms with Crippen LogP contribution in [0, 0.1) is 11.8 Å². The van der Waals surface area contributed by atoms with Crippen LogP contribution in [-0.4, -0.2) is 11.1 Å². The fourth-order valence-electron chi connectivity index (χ4n) is 0.750. The number of aryl methyl sites for hydroxylation is 1. The Hall–Kier alpha value is -1.69. The predicted octanol–water partition coefficient (Wildman–Crippen LogP) is 1.28. The molecule has 0 aromatic carbocycles. The van der Waals surface area contributed by atoms with Crippen molar-refractivity contribution in [1.29, 1.82) is 0 Å². The molecule has 0 atom stereocenters. The molecule has 1 heterocycles. The fraction of sp³-hybridized carbons (Fsp3) is 0.222. The van der Waals surface area contributed by atoms with Gasteiger partial charge in [0.1, 0.15) is 5.76 Å². The Balaban J connectivity index is 2.78. The van der Waals surface area contributed by atoms with Crippen LogP contribution in [-0.2, 0) is 11.2 Å². The van der Waals surface area contributed by atoms with Gasteiger partial charge in [0.2, 0.25) is 0 Å². The summed E-state index contributed by atoms with van der Waals surface area (Å²) < 4.78 is 5.15. The van der Waals surface area contributed by atoms with Gasteiger partial charge < -0.3 is 9.52 Å². The van der Waals surface area contributed by atoms with Crippen molar-refractivity contribution in [2.24, 2.45) is 0 Å². The Labute approximate surface area is 70.0 Å². The van der Waals surface area contributed by atoms with Crippen molar-refractivity contribution in [1.82, 2.24) is 0 Å². The van der Waals surface area contributed by atoms with Crippen molar-refractivity contribution in [2.45, 2.75) is 13.3 Å². The van der Waals surface area contributed by atoms with Gasteiger partial charge in [-0.15, -0.1) is 0 Å². The van der Waals surface area contributed by atoms with Gasteiger partial charge in [-0.3, -0.25) is 0 Å². The second kappa shape index (κ2) is 3.63. The second-order valence-electron chi connectivity index (χ2n) is 2.17. The van der Waals surface area contributed by atoms with Gasteiger partial charge in [0.25, 0.3) is 0 Å². The lowest BCUT2D eigenvalue weighted by atomic mass is 10.3. The summed E-state index contributed by atoms with van der Waals surface area (Å²) >= 11 is 0. The summed E-state index contributed by atoms with van der Waals surface area (Å²) in [5.74, 6) is 4.41. The summed E-state index contributed by atoms with van der Waals surface area (Å²) in [6, 6.07) is 3.45. The van der Waals surface area contributed by atoms with Crippen LogP contribution >= 0.6 is 0 Å². The van der Waals surface area contributed by atoms with Crippen LogP contribution in [0.4, 0.5) is 0 Å². The number of aliphatic carboxylic acids is 1. The van der Waals surface area contributed by atoms with Gasteiger partial charge >= 0.3 is 5.97 Å². The zero-order valence-corrected chi connectivity index (χ0v) is 6.63. The molecule has 0 unspecified atom stereocenters. The molecule has 62 valence electrons. The van der Waals surface area contributed by atoms with E-state index in [0.717, 1.165) is 12.2 Å². The zero-order valence-electron chi connectivity index (χ0n) is 6.63. The van der Waals surface area contributed by atoms with Crippen molar-refractivity contribution in [3.8, 4) is 11.8 Å². The molecule has 0 bridgehead atoms. The van der Waals surface area contributed by atoms with Crippen LogP contribution in [0.3, 0.4) is 0 Å². The highest BCUT2D eigenvalue weighted by Gasteiger charge is 1.95. The van der Waals surface area contributed by atoms with Gasteiger partial charge in [-0.25, -0.2) is 4.79 Å².